The number of nitrogens with one attached hydrogen (secondary N) is 1. The highest BCUT2D eigenvalue weighted by molar-refractivity contribution is 4.89. The lowest BCUT2D eigenvalue weighted by molar-refractivity contribution is -0.0285. The maximum Gasteiger partial charge on any atom is 0.0730 e. The van der Waals surface area contributed by atoms with E-state index in [1.54, 1.807) is 0 Å². The molecule has 114 valence electrons. The largest absolute Gasteiger partial charge is 0.377 e. The molecule has 3 atom stereocenters. The van der Waals surface area contributed by atoms with Crippen molar-refractivity contribution in [3.63, 3.8) is 0 Å². The fraction of sp³-hybridized carbons (Fsp3) is 1.00. The lowest BCUT2D eigenvalue weighted by atomic mass is 9.70. The van der Waals surface area contributed by atoms with Crippen LogP contribution < -0.4 is 5.32 Å². The van der Waals surface area contributed by atoms with Gasteiger partial charge >= 0.3 is 0 Å². The molecule has 3 unspecified atom stereocenters. The van der Waals surface area contributed by atoms with Crippen LogP contribution in [0.25, 0.3) is 0 Å². The summed E-state index contributed by atoms with van der Waals surface area (Å²) in [6, 6.07) is 0.574. The number of hydrogen-bond acceptors (Lipinski definition) is 2. The molecular weight excluding hydrogens is 234 g/mol. The third-order valence-electron chi connectivity index (χ3n) is 4.56. The van der Waals surface area contributed by atoms with Crippen LogP contribution in [0.2, 0.25) is 0 Å². The molecule has 2 heteroatoms. The number of rotatable bonds is 7. The first-order chi connectivity index (χ1) is 8.99. The number of hydrogen-bond donors (Lipinski definition) is 1. The minimum Gasteiger partial charge on any atom is -0.377 e. The Balaban J connectivity index is 2.48. The summed E-state index contributed by atoms with van der Waals surface area (Å²) in [6.07, 6.45) is 8.05. The summed E-state index contributed by atoms with van der Waals surface area (Å²) >= 11 is 0. The summed E-state index contributed by atoms with van der Waals surface area (Å²) < 4.78 is 6.21. The highest BCUT2D eigenvalue weighted by Gasteiger charge is 2.35. The van der Waals surface area contributed by atoms with Gasteiger partial charge in [-0.2, -0.15) is 0 Å². The van der Waals surface area contributed by atoms with E-state index in [1.807, 2.05) is 0 Å². The maximum absolute atomic E-state index is 6.21. The van der Waals surface area contributed by atoms with Gasteiger partial charge in [0.25, 0.3) is 0 Å². The van der Waals surface area contributed by atoms with Gasteiger partial charge in [-0.15, -0.1) is 0 Å². The standard InChI is InChI=1S/C17H35NO/c1-6-8-9-12-19-16-13-14(17(3,4)5)10-11-15(16)18-7-2/h14-16,18H,6-13H2,1-5H3. The van der Waals surface area contributed by atoms with Gasteiger partial charge in [0.05, 0.1) is 6.10 Å². The van der Waals surface area contributed by atoms with Gasteiger partial charge in [-0.1, -0.05) is 47.5 Å². The Bertz CT molecular complexity index is 234. The molecule has 0 aliphatic heterocycles. The Morgan fingerprint density at radius 2 is 1.84 bits per heavy atom. The summed E-state index contributed by atoms with van der Waals surface area (Å²) in [5, 5.41) is 3.62. The Morgan fingerprint density at radius 1 is 1.11 bits per heavy atom. The van der Waals surface area contributed by atoms with Gasteiger partial charge in [0.2, 0.25) is 0 Å². The molecule has 2 nitrogen and oxygen atoms in total. The van der Waals surface area contributed by atoms with E-state index in [0.717, 1.165) is 19.1 Å². The summed E-state index contributed by atoms with van der Waals surface area (Å²) in [4.78, 5) is 0. The summed E-state index contributed by atoms with van der Waals surface area (Å²) in [5.74, 6) is 0.804. The topological polar surface area (TPSA) is 21.3 Å². The van der Waals surface area contributed by atoms with Gasteiger partial charge in [0.15, 0.2) is 0 Å². The second-order valence-electron chi connectivity index (χ2n) is 7.16. The summed E-state index contributed by atoms with van der Waals surface area (Å²) in [7, 11) is 0. The van der Waals surface area contributed by atoms with E-state index >= 15 is 0 Å². The van der Waals surface area contributed by atoms with Gasteiger partial charge in [-0.05, 0) is 43.6 Å². The van der Waals surface area contributed by atoms with Gasteiger partial charge in [-0.25, -0.2) is 0 Å². The molecule has 1 fully saturated rings. The van der Waals surface area contributed by atoms with E-state index in [4.69, 9.17) is 4.74 Å². The molecule has 1 aliphatic carbocycles. The summed E-state index contributed by atoms with van der Waals surface area (Å²) in [5.41, 5.74) is 0.419. The molecule has 0 amide bonds. The van der Waals surface area contributed by atoms with E-state index in [0.29, 0.717) is 17.6 Å². The van der Waals surface area contributed by atoms with Crippen LogP contribution in [0.3, 0.4) is 0 Å². The molecule has 0 heterocycles. The van der Waals surface area contributed by atoms with Gasteiger partial charge < -0.3 is 10.1 Å². The van der Waals surface area contributed by atoms with E-state index in [9.17, 15) is 0 Å². The first-order valence-corrected chi connectivity index (χ1v) is 8.34. The highest BCUT2D eigenvalue weighted by Crippen LogP contribution is 2.38. The van der Waals surface area contributed by atoms with Gasteiger partial charge in [-0.3, -0.25) is 0 Å². The van der Waals surface area contributed by atoms with Crippen molar-refractivity contribution in [3.05, 3.63) is 0 Å². The van der Waals surface area contributed by atoms with Crippen LogP contribution in [0.1, 0.15) is 73.1 Å². The Kier molecular flexibility index (Phi) is 7.38. The normalized spacial score (nSPS) is 28.6. The van der Waals surface area contributed by atoms with Crippen LogP contribution in [0.5, 0.6) is 0 Å². The van der Waals surface area contributed by atoms with Crippen molar-refractivity contribution in [3.8, 4) is 0 Å². The third kappa shape index (κ3) is 5.83. The SMILES string of the molecule is CCCCCOC1CC(C(C)(C)C)CCC1NCC. The van der Waals surface area contributed by atoms with E-state index in [2.05, 4.69) is 39.9 Å². The molecule has 1 N–H and O–H groups in total. The molecule has 1 saturated carbocycles. The highest BCUT2D eigenvalue weighted by atomic mass is 16.5. The monoisotopic (exact) mass is 269 g/mol. The van der Waals surface area contributed by atoms with Crippen LogP contribution in [-0.4, -0.2) is 25.3 Å². The van der Waals surface area contributed by atoms with Gasteiger partial charge in [0.1, 0.15) is 0 Å². The van der Waals surface area contributed by atoms with Gasteiger partial charge in [0, 0.05) is 12.6 Å². The predicted octanol–water partition coefficient (Wildman–Crippen LogP) is 4.39. The Morgan fingerprint density at radius 3 is 2.42 bits per heavy atom. The maximum atomic E-state index is 6.21. The minimum absolute atomic E-state index is 0.419. The number of unbranched alkanes of at least 4 members (excludes halogenated alkanes) is 2. The first-order valence-electron chi connectivity index (χ1n) is 8.34. The van der Waals surface area contributed by atoms with Crippen molar-refractivity contribution >= 4 is 0 Å². The second-order valence-corrected chi connectivity index (χ2v) is 7.16. The molecule has 0 aromatic rings. The summed E-state index contributed by atoms with van der Waals surface area (Å²) in [6.45, 7) is 13.6. The van der Waals surface area contributed by atoms with Crippen LogP contribution >= 0.6 is 0 Å². The quantitative estimate of drug-likeness (QED) is 0.692. The second kappa shape index (κ2) is 8.26. The predicted molar refractivity (Wildman–Crippen MR) is 83.5 cm³/mol. The van der Waals surface area contributed by atoms with Crippen molar-refractivity contribution in [2.75, 3.05) is 13.2 Å². The zero-order chi connectivity index (χ0) is 14.3. The first kappa shape index (κ1) is 17.0. The molecule has 0 bridgehead atoms. The van der Waals surface area contributed by atoms with E-state index in [-0.39, 0.29) is 0 Å². The molecule has 0 spiro atoms. The van der Waals surface area contributed by atoms with Crippen molar-refractivity contribution in [1.29, 1.82) is 0 Å². The third-order valence-corrected chi connectivity index (χ3v) is 4.56. The van der Waals surface area contributed by atoms with E-state index in [1.165, 1.54) is 38.5 Å². The number of ether oxygens (including phenoxy) is 1. The molecule has 0 aromatic carbocycles. The average molecular weight is 269 g/mol. The smallest absolute Gasteiger partial charge is 0.0730 e. The molecule has 19 heavy (non-hydrogen) atoms. The Hall–Kier alpha value is -0.0800. The van der Waals surface area contributed by atoms with Crippen LogP contribution in [0.15, 0.2) is 0 Å². The molecular formula is C17H35NO. The van der Waals surface area contributed by atoms with Crippen LogP contribution in [-0.2, 0) is 4.74 Å². The van der Waals surface area contributed by atoms with Crippen molar-refractivity contribution in [2.24, 2.45) is 11.3 Å². The number of likely N-dealkylation sites (N-methyl/N-ethyl adjacent to an activating group) is 1. The molecule has 1 rings (SSSR count). The fourth-order valence-corrected chi connectivity index (χ4v) is 3.18. The van der Waals surface area contributed by atoms with Crippen LogP contribution in [0.4, 0.5) is 0 Å². The lowest BCUT2D eigenvalue weighted by Gasteiger charge is -2.42. The Labute approximate surface area is 120 Å². The van der Waals surface area contributed by atoms with Crippen molar-refractivity contribution < 1.29 is 4.74 Å². The molecule has 0 radical (unpaired) electrons. The molecule has 0 saturated heterocycles. The lowest BCUT2D eigenvalue weighted by Crippen LogP contribution is -2.47. The van der Waals surface area contributed by atoms with Crippen molar-refractivity contribution in [2.45, 2.75) is 85.3 Å². The fourth-order valence-electron chi connectivity index (χ4n) is 3.18. The molecule has 0 aromatic heterocycles. The molecule has 1 aliphatic rings. The van der Waals surface area contributed by atoms with Crippen molar-refractivity contribution in [1.82, 2.24) is 5.32 Å². The average Bonchev–Trinajstić information content (AvgIpc) is 2.35. The van der Waals surface area contributed by atoms with Crippen LogP contribution in [0, 0.1) is 11.3 Å². The zero-order valence-electron chi connectivity index (χ0n) is 13.8. The minimum atomic E-state index is 0.419. The van der Waals surface area contributed by atoms with E-state index < -0.39 is 0 Å². The zero-order valence-corrected chi connectivity index (χ0v) is 13.8.